The SMILES string of the molecule is CCOC1CC(N)(C(=O)NS(C)(=O)=O)C1(C)C. The van der Waals surface area contributed by atoms with Crippen LogP contribution in [0.4, 0.5) is 0 Å². The summed E-state index contributed by atoms with van der Waals surface area (Å²) in [6.07, 6.45) is 1.14. The van der Waals surface area contributed by atoms with E-state index < -0.39 is 26.9 Å². The van der Waals surface area contributed by atoms with Crippen LogP contribution >= 0.6 is 0 Å². The lowest BCUT2D eigenvalue weighted by Gasteiger charge is -2.57. The van der Waals surface area contributed by atoms with Gasteiger partial charge in [0.05, 0.1) is 12.4 Å². The van der Waals surface area contributed by atoms with E-state index in [1.807, 2.05) is 11.6 Å². The molecule has 3 N–H and O–H groups in total. The average Bonchev–Trinajstić information content (AvgIpc) is 2.14. The molecule has 17 heavy (non-hydrogen) atoms. The molecule has 0 aliphatic heterocycles. The number of carbonyl (C=O) groups is 1. The van der Waals surface area contributed by atoms with Crippen LogP contribution in [0.5, 0.6) is 0 Å². The molecule has 1 aliphatic rings. The van der Waals surface area contributed by atoms with Crippen LogP contribution in [0.1, 0.15) is 27.2 Å². The Labute approximate surface area is 102 Å². The molecule has 0 radical (unpaired) electrons. The van der Waals surface area contributed by atoms with Crippen LogP contribution in [0.15, 0.2) is 0 Å². The Kier molecular flexibility index (Phi) is 3.58. The Morgan fingerprint density at radius 3 is 2.41 bits per heavy atom. The minimum atomic E-state index is -3.58. The van der Waals surface area contributed by atoms with Crippen LogP contribution in [0.3, 0.4) is 0 Å². The van der Waals surface area contributed by atoms with Gasteiger partial charge in [-0.2, -0.15) is 0 Å². The molecule has 1 aliphatic carbocycles. The van der Waals surface area contributed by atoms with Crippen molar-refractivity contribution in [2.45, 2.75) is 38.8 Å². The number of sulfonamides is 1. The zero-order valence-corrected chi connectivity index (χ0v) is 11.4. The molecule has 0 heterocycles. The van der Waals surface area contributed by atoms with Gasteiger partial charge < -0.3 is 10.5 Å². The van der Waals surface area contributed by atoms with Gasteiger partial charge in [-0.15, -0.1) is 0 Å². The monoisotopic (exact) mass is 264 g/mol. The Hall–Kier alpha value is -0.660. The molecule has 0 spiro atoms. The zero-order valence-electron chi connectivity index (χ0n) is 10.6. The molecule has 1 amide bonds. The Morgan fingerprint density at radius 1 is 1.53 bits per heavy atom. The summed E-state index contributed by atoms with van der Waals surface area (Å²) < 4.78 is 29.4. The number of nitrogens with one attached hydrogen (secondary N) is 1. The van der Waals surface area contributed by atoms with Gasteiger partial charge in [-0.3, -0.25) is 9.52 Å². The Balaban J connectivity index is 2.82. The first-order chi connectivity index (χ1) is 7.54. The molecule has 1 saturated carbocycles. The summed E-state index contributed by atoms with van der Waals surface area (Å²) in [7, 11) is -3.58. The molecule has 100 valence electrons. The summed E-state index contributed by atoms with van der Waals surface area (Å²) in [5.74, 6) is -0.666. The van der Waals surface area contributed by atoms with Crippen molar-refractivity contribution in [3.63, 3.8) is 0 Å². The van der Waals surface area contributed by atoms with Gasteiger partial charge in [0.1, 0.15) is 5.54 Å². The molecule has 0 aromatic carbocycles. The first-order valence-electron chi connectivity index (χ1n) is 5.47. The van der Waals surface area contributed by atoms with E-state index in [2.05, 4.69) is 0 Å². The van der Waals surface area contributed by atoms with Crippen molar-refractivity contribution < 1.29 is 17.9 Å². The highest BCUT2D eigenvalue weighted by Gasteiger charge is 2.63. The first kappa shape index (κ1) is 14.4. The molecular weight excluding hydrogens is 244 g/mol. The van der Waals surface area contributed by atoms with E-state index in [4.69, 9.17) is 10.5 Å². The smallest absolute Gasteiger partial charge is 0.254 e. The third-order valence-corrected chi connectivity index (χ3v) is 4.07. The number of nitrogens with two attached hydrogens (primary N) is 1. The van der Waals surface area contributed by atoms with Crippen molar-refractivity contribution in [1.82, 2.24) is 4.72 Å². The van der Waals surface area contributed by atoms with E-state index >= 15 is 0 Å². The number of carbonyl (C=O) groups excluding carboxylic acids is 1. The minimum absolute atomic E-state index is 0.122. The summed E-state index contributed by atoms with van der Waals surface area (Å²) >= 11 is 0. The second kappa shape index (κ2) is 4.22. The Morgan fingerprint density at radius 2 is 2.06 bits per heavy atom. The maximum absolute atomic E-state index is 11.9. The second-order valence-electron chi connectivity index (χ2n) is 5.04. The average molecular weight is 264 g/mol. The van der Waals surface area contributed by atoms with E-state index in [0.29, 0.717) is 13.0 Å². The number of rotatable bonds is 4. The van der Waals surface area contributed by atoms with Crippen molar-refractivity contribution in [3.05, 3.63) is 0 Å². The van der Waals surface area contributed by atoms with Crippen LogP contribution in [0, 0.1) is 5.41 Å². The molecular formula is C10H20N2O4S. The standard InChI is InChI=1S/C10H20N2O4S/c1-5-16-7-6-10(11,9(7,2)3)8(13)12-17(4,14)15/h7H,5-6,11H2,1-4H3,(H,12,13). The summed E-state index contributed by atoms with van der Waals surface area (Å²) in [6, 6.07) is 0. The van der Waals surface area contributed by atoms with E-state index in [-0.39, 0.29) is 6.10 Å². The second-order valence-corrected chi connectivity index (χ2v) is 6.79. The highest BCUT2D eigenvalue weighted by molar-refractivity contribution is 7.89. The maximum Gasteiger partial charge on any atom is 0.254 e. The summed E-state index contributed by atoms with van der Waals surface area (Å²) in [5, 5.41) is 0. The van der Waals surface area contributed by atoms with Gasteiger partial charge in [0.25, 0.3) is 5.91 Å². The number of hydrogen-bond donors (Lipinski definition) is 2. The van der Waals surface area contributed by atoms with Crippen LogP contribution < -0.4 is 10.5 Å². The molecule has 0 saturated heterocycles. The van der Waals surface area contributed by atoms with Gasteiger partial charge in [0.15, 0.2) is 0 Å². The van der Waals surface area contributed by atoms with Gasteiger partial charge in [-0.1, -0.05) is 13.8 Å². The Bertz CT molecular complexity index is 418. The molecule has 0 aromatic heterocycles. The summed E-state index contributed by atoms with van der Waals surface area (Å²) in [5.41, 5.74) is 4.21. The highest BCUT2D eigenvalue weighted by atomic mass is 32.2. The largest absolute Gasteiger partial charge is 0.378 e. The van der Waals surface area contributed by atoms with Gasteiger partial charge in [-0.05, 0) is 6.92 Å². The molecule has 0 aromatic rings. The van der Waals surface area contributed by atoms with E-state index in [1.54, 1.807) is 13.8 Å². The fourth-order valence-electron chi connectivity index (χ4n) is 2.08. The third kappa shape index (κ3) is 2.46. The predicted octanol–water partition coefficient (Wildman–Crippen LogP) is -0.405. The van der Waals surface area contributed by atoms with Gasteiger partial charge in [-0.25, -0.2) is 8.42 Å². The van der Waals surface area contributed by atoms with Gasteiger partial charge in [0, 0.05) is 18.4 Å². The van der Waals surface area contributed by atoms with Gasteiger partial charge in [0.2, 0.25) is 10.0 Å². The van der Waals surface area contributed by atoms with E-state index in [0.717, 1.165) is 6.26 Å². The summed E-state index contributed by atoms with van der Waals surface area (Å²) in [6.45, 7) is 6.01. The highest BCUT2D eigenvalue weighted by Crippen LogP contribution is 2.49. The van der Waals surface area contributed by atoms with Crippen molar-refractivity contribution in [2.75, 3.05) is 12.9 Å². The lowest BCUT2D eigenvalue weighted by Crippen LogP contribution is -2.76. The van der Waals surface area contributed by atoms with E-state index in [1.165, 1.54) is 0 Å². The van der Waals surface area contributed by atoms with Crippen LogP contribution in [0.2, 0.25) is 0 Å². The summed E-state index contributed by atoms with van der Waals surface area (Å²) in [4.78, 5) is 11.9. The van der Waals surface area contributed by atoms with Crippen LogP contribution in [0.25, 0.3) is 0 Å². The quantitative estimate of drug-likeness (QED) is 0.719. The minimum Gasteiger partial charge on any atom is -0.378 e. The molecule has 2 atom stereocenters. The molecule has 2 unspecified atom stereocenters. The number of ether oxygens (including phenoxy) is 1. The fourth-order valence-corrected chi connectivity index (χ4v) is 2.60. The van der Waals surface area contributed by atoms with Crippen molar-refractivity contribution in [3.8, 4) is 0 Å². The van der Waals surface area contributed by atoms with Crippen molar-refractivity contribution in [2.24, 2.45) is 11.1 Å². The van der Waals surface area contributed by atoms with Crippen LogP contribution in [-0.2, 0) is 19.6 Å². The zero-order chi connectivity index (χ0) is 13.5. The molecule has 1 fully saturated rings. The molecule has 1 rings (SSSR count). The fraction of sp³-hybridized carbons (Fsp3) is 0.900. The van der Waals surface area contributed by atoms with Crippen LogP contribution in [-0.4, -0.2) is 38.8 Å². The van der Waals surface area contributed by atoms with E-state index in [9.17, 15) is 13.2 Å². The predicted molar refractivity (Wildman–Crippen MR) is 63.7 cm³/mol. The first-order valence-corrected chi connectivity index (χ1v) is 7.36. The number of amides is 1. The van der Waals surface area contributed by atoms with Crippen molar-refractivity contribution >= 4 is 15.9 Å². The maximum atomic E-state index is 11.9. The lowest BCUT2D eigenvalue weighted by atomic mass is 9.54. The lowest BCUT2D eigenvalue weighted by molar-refractivity contribution is -0.169. The molecule has 7 heteroatoms. The normalized spacial score (nSPS) is 31.7. The molecule has 6 nitrogen and oxygen atoms in total. The van der Waals surface area contributed by atoms with Gasteiger partial charge >= 0.3 is 0 Å². The number of hydrogen-bond acceptors (Lipinski definition) is 5. The van der Waals surface area contributed by atoms with Crippen molar-refractivity contribution in [1.29, 1.82) is 0 Å². The third-order valence-electron chi connectivity index (χ3n) is 3.51. The topological polar surface area (TPSA) is 98.5 Å². The molecule has 0 bridgehead atoms.